The minimum atomic E-state index is -0.556. The highest BCUT2D eigenvalue weighted by molar-refractivity contribution is 7.80. The SMILES string of the molecule is COc1cc(N2C(=S)NC(c3ccccn3)C2c2cccn2-c2ccc(Cl)cc2Cl)ccc1NC(=O)C(C)(C)C. The van der Waals surface area contributed by atoms with Crippen molar-refractivity contribution in [3.05, 3.63) is 101 Å². The Morgan fingerprint density at radius 1 is 1.07 bits per heavy atom. The molecule has 1 aliphatic rings. The van der Waals surface area contributed by atoms with Crippen molar-refractivity contribution in [2.45, 2.75) is 32.9 Å². The van der Waals surface area contributed by atoms with E-state index in [0.29, 0.717) is 26.6 Å². The predicted molar refractivity (Wildman–Crippen MR) is 165 cm³/mol. The molecule has 1 saturated heterocycles. The Labute approximate surface area is 249 Å². The average molecular weight is 595 g/mol. The number of nitrogens with one attached hydrogen (secondary N) is 2. The molecule has 40 heavy (non-hydrogen) atoms. The molecule has 2 aromatic carbocycles. The summed E-state index contributed by atoms with van der Waals surface area (Å²) in [6, 6.07) is 20.3. The van der Waals surface area contributed by atoms with E-state index in [1.807, 2.05) is 97.1 Å². The number of nitrogens with zero attached hydrogens (tertiary/aromatic N) is 3. The van der Waals surface area contributed by atoms with Crippen LogP contribution in [0.3, 0.4) is 0 Å². The smallest absolute Gasteiger partial charge is 0.229 e. The Kier molecular flexibility index (Phi) is 7.77. The van der Waals surface area contributed by atoms with E-state index in [2.05, 4.69) is 15.6 Å². The summed E-state index contributed by atoms with van der Waals surface area (Å²) in [6.07, 6.45) is 3.73. The quantitative estimate of drug-likeness (QED) is 0.228. The second-order valence-electron chi connectivity index (χ2n) is 10.5. The molecule has 2 N–H and O–H groups in total. The van der Waals surface area contributed by atoms with Crippen LogP contribution in [0.4, 0.5) is 11.4 Å². The van der Waals surface area contributed by atoms with Crippen LogP contribution in [0.2, 0.25) is 10.0 Å². The van der Waals surface area contributed by atoms with Crippen LogP contribution in [0.15, 0.2) is 79.1 Å². The van der Waals surface area contributed by atoms with Gasteiger partial charge in [-0.2, -0.15) is 0 Å². The molecule has 2 unspecified atom stereocenters. The predicted octanol–water partition coefficient (Wildman–Crippen LogP) is 7.35. The van der Waals surface area contributed by atoms with E-state index < -0.39 is 5.41 Å². The van der Waals surface area contributed by atoms with Gasteiger partial charge in [0.25, 0.3) is 0 Å². The van der Waals surface area contributed by atoms with Crippen molar-refractivity contribution in [3.63, 3.8) is 0 Å². The first-order chi connectivity index (χ1) is 19.1. The molecule has 0 radical (unpaired) electrons. The van der Waals surface area contributed by atoms with Crippen molar-refractivity contribution in [1.82, 2.24) is 14.9 Å². The third kappa shape index (κ3) is 5.39. The van der Waals surface area contributed by atoms with Crippen molar-refractivity contribution in [1.29, 1.82) is 0 Å². The van der Waals surface area contributed by atoms with E-state index in [1.165, 1.54) is 0 Å². The second-order valence-corrected chi connectivity index (χ2v) is 11.7. The molecule has 7 nitrogen and oxygen atoms in total. The van der Waals surface area contributed by atoms with Crippen molar-refractivity contribution in [3.8, 4) is 11.4 Å². The zero-order chi connectivity index (χ0) is 28.6. The van der Waals surface area contributed by atoms with Gasteiger partial charge in [-0.15, -0.1) is 0 Å². The van der Waals surface area contributed by atoms with E-state index in [-0.39, 0.29) is 18.0 Å². The number of pyridine rings is 1. The van der Waals surface area contributed by atoms with Crippen LogP contribution in [0.1, 0.15) is 44.2 Å². The molecule has 1 fully saturated rings. The Hall–Kier alpha value is -3.59. The Morgan fingerprint density at radius 2 is 1.88 bits per heavy atom. The third-order valence-electron chi connectivity index (χ3n) is 6.74. The van der Waals surface area contributed by atoms with Gasteiger partial charge in [-0.1, -0.05) is 50.0 Å². The fourth-order valence-corrected chi connectivity index (χ4v) is 5.55. The minimum absolute atomic E-state index is 0.109. The number of anilines is 2. The zero-order valence-electron chi connectivity index (χ0n) is 22.5. The molecule has 2 atom stereocenters. The maximum Gasteiger partial charge on any atom is 0.229 e. The van der Waals surface area contributed by atoms with Crippen LogP contribution in [0, 0.1) is 5.41 Å². The first kappa shape index (κ1) is 28.0. The van der Waals surface area contributed by atoms with Gasteiger partial charge in [-0.25, -0.2) is 0 Å². The number of aromatic nitrogens is 2. The van der Waals surface area contributed by atoms with Gasteiger partial charge in [0.2, 0.25) is 5.91 Å². The number of ether oxygens (including phenoxy) is 1. The topological polar surface area (TPSA) is 71.4 Å². The standard InChI is InChI=1S/C30H29Cl2N5O2S/c1-30(2,3)28(38)34-21-12-11-19(17-25(21)39-4)37-27(26(35-29(37)40)22-8-5-6-14-33-22)24-9-7-15-36(24)23-13-10-18(31)16-20(23)32/h5-17,26-27H,1-4H3,(H,34,38)(H,35,40). The number of thiocarbonyl (C=S) groups is 1. The summed E-state index contributed by atoms with van der Waals surface area (Å²) in [5.74, 6) is 0.414. The molecule has 5 rings (SSSR count). The summed E-state index contributed by atoms with van der Waals surface area (Å²) in [7, 11) is 1.58. The third-order valence-corrected chi connectivity index (χ3v) is 7.60. The van der Waals surface area contributed by atoms with E-state index in [4.69, 9.17) is 40.2 Å². The summed E-state index contributed by atoms with van der Waals surface area (Å²) >= 11 is 18.7. The maximum absolute atomic E-state index is 12.7. The van der Waals surface area contributed by atoms with E-state index in [9.17, 15) is 4.79 Å². The number of methoxy groups -OCH3 is 1. The molecule has 2 aromatic heterocycles. The van der Waals surface area contributed by atoms with Crippen molar-refractivity contribution >= 4 is 57.8 Å². The zero-order valence-corrected chi connectivity index (χ0v) is 24.8. The van der Waals surface area contributed by atoms with Crippen LogP contribution >= 0.6 is 35.4 Å². The monoisotopic (exact) mass is 593 g/mol. The van der Waals surface area contributed by atoms with Gasteiger partial charge in [0, 0.05) is 40.3 Å². The number of amides is 1. The highest BCUT2D eigenvalue weighted by Gasteiger charge is 2.42. The first-order valence-corrected chi connectivity index (χ1v) is 13.9. The fraction of sp³-hybridized carbons (Fsp3) is 0.233. The van der Waals surface area contributed by atoms with Crippen LogP contribution in [0.25, 0.3) is 5.69 Å². The number of rotatable bonds is 6. The van der Waals surface area contributed by atoms with Gasteiger partial charge in [-0.3, -0.25) is 9.78 Å². The average Bonchev–Trinajstić information content (AvgIpc) is 3.53. The second kappa shape index (κ2) is 11.1. The summed E-state index contributed by atoms with van der Waals surface area (Å²) in [4.78, 5) is 19.4. The summed E-state index contributed by atoms with van der Waals surface area (Å²) in [5.41, 5.74) is 3.39. The van der Waals surface area contributed by atoms with Crippen LogP contribution in [-0.4, -0.2) is 27.7 Å². The molecule has 3 heterocycles. The number of carbonyl (C=O) groups is 1. The Morgan fingerprint density at radius 3 is 2.55 bits per heavy atom. The van der Waals surface area contributed by atoms with Crippen LogP contribution < -0.4 is 20.3 Å². The molecule has 1 aliphatic heterocycles. The molecule has 4 aromatic rings. The van der Waals surface area contributed by atoms with E-state index >= 15 is 0 Å². The molecule has 0 bridgehead atoms. The van der Waals surface area contributed by atoms with Gasteiger partial charge in [0.15, 0.2) is 5.11 Å². The first-order valence-electron chi connectivity index (χ1n) is 12.7. The van der Waals surface area contributed by atoms with E-state index in [1.54, 1.807) is 19.4 Å². The highest BCUT2D eigenvalue weighted by atomic mass is 35.5. The highest BCUT2D eigenvalue weighted by Crippen LogP contribution is 2.44. The van der Waals surface area contributed by atoms with Gasteiger partial charge in [0.1, 0.15) is 11.8 Å². The summed E-state index contributed by atoms with van der Waals surface area (Å²) in [5, 5.41) is 8.07. The van der Waals surface area contributed by atoms with Gasteiger partial charge in [-0.05, 0) is 66.8 Å². The molecular weight excluding hydrogens is 565 g/mol. The number of benzene rings is 2. The minimum Gasteiger partial charge on any atom is -0.494 e. The van der Waals surface area contributed by atoms with Gasteiger partial charge >= 0.3 is 0 Å². The maximum atomic E-state index is 12.7. The largest absolute Gasteiger partial charge is 0.494 e. The van der Waals surface area contributed by atoms with E-state index in [0.717, 1.165) is 22.8 Å². The Balaban J connectivity index is 1.62. The van der Waals surface area contributed by atoms with Gasteiger partial charge < -0.3 is 24.8 Å². The van der Waals surface area contributed by atoms with Crippen molar-refractivity contribution < 1.29 is 9.53 Å². The molecule has 10 heteroatoms. The van der Waals surface area contributed by atoms with Crippen LogP contribution in [0.5, 0.6) is 5.75 Å². The number of hydrogen-bond acceptors (Lipinski definition) is 4. The molecule has 206 valence electrons. The molecule has 0 aliphatic carbocycles. The molecular formula is C30H29Cl2N5O2S. The van der Waals surface area contributed by atoms with Gasteiger partial charge in [0.05, 0.1) is 35.2 Å². The normalized spacial score (nSPS) is 17.1. The van der Waals surface area contributed by atoms with Crippen molar-refractivity contribution in [2.75, 3.05) is 17.3 Å². The lowest BCUT2D eigenvalue weighted by atomic mass is 9.95. The Bertz CT molecular complexity index is 1570. The lowest BCUT2D eigenvalue weighted by Gasteiger charge is -2.29. The molecule has 1 amide bonds. The van der Waals surface area contributed by atoms with Crippen molar-refractivity contribution in [2.24, 2.45) is 5.41 Å². The number of carbonyl (C=O) groups excluding carboxylic acids is 1. The fourth-order valence-electron chi connectivity index (χ4n) is 4.71. The molecule has 0 spiro atoms. The summed E-state index contributed by atoms with van der Waals surface area (Å²) < 4.78 is 7.74. The number of hydrogen-bond donors (Lipinski definition) is 2. The molecule has 0 saturated carbocycles. The number of halogens is 2. The lowest BCUT2D eigenvalue weighted by Crippen LogP contribution is -2.30. The van der Waals surface area contributed by atoms with Crippen LogP contribution in [-0.2, 0) is 4.79 Å². The summed E-state index contributed by atoms with van der Waals surface area (Å²) in [6.45, 7) is 5.59. The lowest BCUT2D eigenvalue weighted by molar-refractivity contribution is -0.123.